The van der Waals surface area contributed by atoms with Gasteiger partial charge in [0.2, 0.25) is 0 Å². The van der Waals surface area contributed by atoms with Crippen LogP contribution in [0.5, 0.6) is 0 Å². The van der Waals surface area contributed by atoms with E-state index in [2.05, 4.69) is 22.1 Å². The number of likely N-dealkylation sites (tertiary alicyclic amines) is 1. The maximum atomic E-state index is 12.7. The lowest BCUT2D eigenvalue weighted by atomic mass is 10.1. The predicted octanol–water partition coefficient (Wildman–Crippen LogP) is 2.07. The van der Waals surface area contributed by atoms with Gasteiger partial charge in [0.05, 0.1) is 17.4 Å². The molecule has 1 N–H and O–H groups in total. The molecule has 21 heavy (non-hydrogen) atoms. The first-order valence-corrected chi connectivity index (χ1v) is 7.84. The molecule has 1 atom stereocenters. The molecule has 1 fully saturated rings. The Labute approximate surface area is 127 Å². The number of anilines is 1. The Hall–Kier alpha value is -1.62. The predicted molar refractivity (Wildman–Crippen MR) is 85.6 cm³/mol. The zero-order chi connectivity index (χ0) is 15.2. The molecule has 0 aliphatic carbocycles. The van der Waals surface area contributed by atoms with Gasteiger partial charge in [-0.3, -0.25) is 14.7 Å². The Bertz CT molecular complexity index is 477. The number of amides is 1. The number of nitrogens with one attached hydrogen (secondary N) is 1. The molecule has 1 amide bonds. The van der Waals surface area contributed by atoms with Gasteiger partial charge in [0.15, 0.2) is 0 Å². The fourth-order valence-corrected chi connectivity index (χ4v) is 3.04. The highest BCUT2D eigenvalue weighted by Gasteiger charge is 2.26. The quantitative estimate of drug-likeness (QED) is 0.871. The Balaban J connectivity index is 2.05. The van der Waals surface area contributed by atoms with Crippen LogP contribution in [0.25, 0.3) is 0 Å². The molecular formula is C16H26N4O. The number of aromatic nitrogens is 1. The van der Waals surface area contributed by atoms with Gasteiger partial charge < -0.3 is 10.2 Å². The molecule has 1 saturated heterocycles. The maximum absolute atomic E-state index is 12.7. The topological polar surface area (TPSA) is 48.5 Å². The molecule has 0 radical (unpaired) electrons. The third-order valence-electron chi connectivity index (χ3n) is 4.16. The summed E-state index contributed by atoms with van der Waals surface area (Å²) in [4.78, 5) is 21.1. The highest BCUT2D eigenvalue weighted by molar-refractivity contribution is 5.99. The van der Waals surface area contributed by atoms with Crippen LogP contribution < -0.4 is 5.32 Å². The van der Waals surface area contributed by atoms with Crippen LogP contribution in [-0.2, 0) is 0 Å². The molecule has 0 spiro atoms. The number of nitrogens with zero attached hydrogens (tertiary/aromatic N) is 3. The maximum Gasteiger partial charge on any atom is 0.255 e. The van der Waals surface area contributed by atoms with Gasteiger partial charge in [-0.25, -0.2) is 0 Å². The SMILES string of the molecule is CCNc1cnccc1C(=O)N(C)CC1CCCN1CC. The van der Waals surface area contributed by atoms with Gasteiger partial charge >= 0.3 is 0 Å². The molecule has 0 aromatic carbocycles. The van der Waals surface area contributed by atoms with Crippen molar-refractivity contribution in [1.82, 2.24) is 14.8 Å². The second kappa shape index (κ2) is 7.41. The smallest absolute Gasteiger partial charge is 0.255 e. The number of carbonyl (C=O) groups excluding carboxylic acids is 1. The number of hydrogen-bond donors (Lipinski definition) is 1. The normalized spacial score (nSPS) is 18.7. The Morgan fingerprint density at radius 3 is 3.05 bits per heavy atom. The van der Waals surface area contributed by atoms with E-state index >= 15 is 0 Å². The van der Waals surface area contributed by atoms with Crippen LogP contribution in [0.15, 0.2) is 18.5 Å². The fourth-order valence-electron chi connectivity index (χ4n) is 3.04. The van der Waals surface area contributed by atoms with E-state index in [1.165, 1.54) is 12.8 Å². The molecule has 1 aliphatic heterocycles. The van der Waals surface area contributed by atoms with E-state index in [9.17, 15) is 4.79 Å². The van der Waals surface area contributed by atoms with Crippen molar-refractivity contribution in [2.24, 2.45) is 0 Å². The van der Waals surface area contributed by atoms with Crippen LogP contribution >= 0.6 is 0 Å². The van der Waals surface area contributed by atoms with Crippen LogP contribution in [0.2, 0.25) is 0 Å². The Kier molecular flexibility index (Phi) is 5.56. The van der Waals surface area contributed by atoms with E-state index in [1.54, 1.807) is 18.5 Å². The molecule has 2 heterocycles. The van der Waals surface area contributed by atoms with Crippen LogP contribution in [0.3, 0.4) is 0 Å². The number of rotatable bonds is 6. The summed E-state index contributed by atoms with van der Waals surface area (Å²) in [7, 11) is 1.89. The van der Waals surface area contributed by atoms with Crippen molar-refractivity contribution in [3.8, 4) is 0 Å². The zero-order valence-corrected chi connectivity index (χ0v) is 13.3. The molecule has 1 aromatic rings. The van der Waals surface area contributed by atoms with Crippen molar-refractivity contribution in [2.75, 3.05) is 38.5 Å². The summed E-state index contributed by atoms with van der Waals surface area (Å²) in [5.41, 5.74) is 1.52. The lowest BCUT2D eigenvalue weighted by Gasteiger charge is -2.28. The minimum atomic E-state index is 0.0660. The summed E-state index contributed by atoms with van der Waals surface area (Å²) in [6.45, 7) is 7.99. The molecule has 1 aliphatic rings. The third-order valence-corrected chi connectivity index (χ3v) is 4.16. The van der Waals surface area contributed by atoms with Gasteiger partial charge in [-0.1, -0.05) is 6.92 Å². The summed E-state index contributed by atoms with van der Waals surface area (Å²) in [6.07, 6.45) is 5.81. The summed E-state index contributed by atoms with van der Waals surface area (Å²) >= 11 is 0. The lowest BCUT2D eigenvalue weighted by molar-refractivity contribution is 0.0755. The minimum absolute atomic E-state index is 0.0660. The van der Waals surface area contributed by atoms with Gasteiger partial charge in [-0.05, 0) is 38.9 Å². The fraction of sp³-hybridized carbons (Fsp3) is 0.625. The summed E-state index contributed by atoms with van der Waals surface area (Å²) < 4.78 is 0. The largest absolute Gasteiger partial charge is 0.383 e. The highest BCUT2D eigenvalue weighted by Crippen LogP contribution is 2.20. The van der Waals surface area contributed by atoms with E-state index in [0.717, 1.165) is 31.9 Å². The summed E-state index contributed by atoms with van der Waals surface area (Å²) in [6, 6.07) is 2.29. The lowest BCUT2D eigenvalue weighted by Crippen LogP contribution is -2.41. The van der Waals surface area contributed by atoms with Crippen LogP contribution in [0, 0.1) is 0 Å². The average Bonchev–Trinajstić information content (AvgIpc) is 2.94. The molecule has 116 valence electrons. The monoisotopic (exact) mass is 290 g/mol. The van der Waals surface area contributed by atoms with Gasteiger partial charge in [0.1, 0.15) is 0 Å². The third kappa shape index (κ3) is 3.73. The van der Waals surface area contributed by atoms with Crippen molar-refractivity contribution < 1.29 is 4.79 Å². The summed E-state index contributed by atoms with van der Waals surface area (Å²) in [5, 5.41) is 3.21. The van der Waals surface area contributed by atoms with Gasteiger partial charge in [-0.15, -0.1) is 0 Å². The molecular weight excluding hydrogens is 264 g/mol. The van der Waals surface area contributed by atoms with Crippen LogP contribution in [-0.4, -0.2) is 60.0 Å². The first-order valence-electron chi connectivity index (χ1n) is 7.84. The van der Waals surface area contributed by atoms with E-state index in [0.29, 0.717) is 11.6 Å². The van der Waals surface area contributed by atoms with Crippen molar-refractivity contribution in [3.63, 3.8) is 0 Å². The second-order valence-corrected chi connectivity index (χ2v) is 5.56. The highest BCUT2D eigenvalue weighted by atomic mass is 16.2. The zero-order valence-electron chi connectivity index (χ0n) is 13.3. The summed E-state index contributed by atoms with van der Waals surface area (Å²) in [5.74, 6) is 0.0660. The Morgan fingerprint density at radius 2 is 2.33 bits per heavy atom. The van der Waals surface area contributed by atoms with Crippen molar-refractivity contribution >= 4 is 11.6 Å². The molecule has 1 aromatic heterocycles. The average molecular weight is 290 g/mol. The van der Waals surface area contributed by atoms with Crippen LogP contribution in [0.1, 0.15) is 37.0 Å². The molecule has 5 nitrogen and oxygen atoms in total. The minimum Gasteiger partial charge on any atom is -0.383 e. The van der Waals surface area contributed by atoms with Gasteiger partial charge in [-0.2, -0.15) is 0 Å². The number of carbonyl (C=O) groups is 1. The molecule has 2 rings (SSSR count). The first-order chi connectivity index (χ1) is 10.2. The first kappa shape index (κ1) is 15.8. The van der Waals surface area contributed by atoms with Crippen molar-refractivity contribution in [3.05, 3.63) is 24.0 Å². The molecule has 0 saturated carbocycles. The number of likely N-dealkylation sites (N-methyl/N-ethyl adjacent to an activating group) is 2. The number of pyridine rings is 1. The van der Waals surface area contributed by atoms with E-state index < -0.39 is 0 Å². The van der Waals surface area contributed by atoms with Crippen molar-refractivity contribution in [2.45, 2.75) is 32.7 Å². The van der Waals surface area contributed by atoms with Crippen LogP contribution in [0.4, 0.5) is 5.69 Å². The van der Waals surface area contributed by atoms with Crippen molar-refractivity contribution in [1.29, 1.82) is 0 Å². The second-order valence-electron chi connectivity index (χ2n) is 5.56. The van der Waals surface area contributed by atoms with E-state index in [4.69, 9.17) is 0 Å². The van der Waals surface area contributed by atoms with E-state index in [1.807, 2.05) is 18.9 Å². The number of hydrogen-bond acceptors (Lipinski definition) is 4. The Morgan fingerprint density at radius 1 is 1.52 bits per heavy atom. The van der Waals surface area contributed by atoms with E-state index in [-0.39, 0.29) is 5.91 Å². The standard InChI is InChI=1S/C16H26N4O/c1-4-18-15-11-17-9-8-14(15)16(21)19(3)12-13-7-6-10-20(13)5-2/h8-9,11,13,18H,4-7,10,12H2,1-3H3. The van der Waals surface area contributed by atoms with Gasteiger partial charge in [0.25, 0.3) is 5.91 Å². The van der Waals surface area contributed by atoms with Gasteiger partial charge in [0, 0.05) is 32.4 Å². The molecule has 1 unspecified atom stereocenters. The molecule has 5 heteroatoms. The molecule has 0 bridgehead atoms.